The fourth-order valence-electron chi connectivity index (χ4n) is 1.39. The van der Waals surface area contributed by atoms with Gasteiger partial charge in [-0.1, -0.05) is 35.3 Å². The van der Waals surface area contributed by atoms with Gasteiger partial charge >= 0.3 is 0 Å². The van der Waals surface area contributed by atoms with E-state index in [0.717, 1.165) is 22.3 Å². The number of hydrogen-bond acceptors (Lipinski definition) is 2. The monoisotopic (exact) mass is 365 g/mol. The third-order valence-electron chi connectivity index (χ3n) is 2.33. The summed E-state index contributed by atoms with van der Waals surface area (Å²) < 4.78 is 6.62. The van der Waals surface area contributed by atoms with Crippen molar-refractivity contribution in [3.8, 4) is 5.75 Å². The average Bonchev–Trinajstić information content (AvgIpc) is 2.33. The Bertz CT molecular complexity index is 455. The number of rotatable bonds is 5. The molecule has 0 aromatic heterocycles. The number of para-hydroxylation sites is 1. The highest BCUT2D eigenvalue weighted by Crippen LogP contribution is 2.30. The summed E-state index contributed by atoms with van der Waals surface area (Å²) in [7, 11) is 0. The molecule has 1 aromatic rings. The van der Waals surface area contributed by atoms with Crippen LogP contribution < -0.4 is 10.1 Å². The van der Waals surface area contributed by atoms with E-state index >= 15 is 0 Å². The summed E-state index contributed by atoms with van der Waals surface area (Å²) in [6, 6.07) is 5.95. The first-order chi connectivity index (χ1) is 8.83. The van der Waals surface area contributed by atoms with Gasteiger partial charge in [-0.05, 0) is 42.8 Å². The minimum Gasteiger partial charge on any atom is -0.486 e. The lowest BCUT2D eigenvalue weighted by molar-refractivity contribution is 0.347. The van der Waals surface area contributed by atoms with E-state index in [0.29, 0.717) is 5.03 Å². The van der Waals surface area contributed by atoms with Gasteiger partial charge in [0.25, 0.3) is 0 Å². The van der Waals surface area contributed by atoms with Crippen LogP contribution in [0.5, 0.6) is 5.75 Å². The zero-order valence-corrected chi connectivity index (χ0v) is 14.4. The minimum absolute atomic E-state index is 0.0489. The normalized spacial score (nSPS) is 12.6. The van der Waals surface area contributed by atoms with Crippen LogP contribution in [0.1, 0.15) is 26.3 Å². The topological polar surface area (TPSA) is 21.3 Å². The van der Waals surface area contributed by atoms with Gasteiger partial charge in [0.1, 0.15) is 12.4 Å². The Kier molecular flexibility index (Phi) is 6.67. The Labute approximate surface area is 133 Å². The van der Waals surface area contributed by atoms with Crippen molar-refractivity contribution in [1.82, 2.24) is 5.32 Å². The van der Waals surface area contributed by atoms with Crippen molar-refractivity contribution in [2.75, 3.05) is 6.61 Å². The lowest BCUT2D eigenvalue weighted by Crippen LogP contribution is -2.35. The molecule has 0 radical (unpaired) electrons. The smallest absolute Gasteiger partial charge is 0.138 e. The van der Waals surface area contributed by atoms with Crippen LogP contribution in [0.2, 0.25) is 0 Å². The summed E-state index contributed by atoms with van der Waals surface area (Å²) in [6.45, 7) is 7.35. The molecule has 1 rings (SSSR count). The largest absolute Gasteiger partial charge is 0.486 e. The van der Waals surface area contributed by atoms with Crippen LogP contribution in [0.4, 0.5) is 0 Å². The van der Waals surface area contributed by atoms with Crippen LogP contribution in [0, 0.1) is 0 Å². The number of nitrogens with one attached hydrogen (secondary N) is 1. The lowest BCUT2D eigenvalue weighted by atomic mass is 10.1. The molecular formula is C14H18BrCl2NO. The average molecular weight is 367 g/mol. The second-order valence-corrected chi connectivity index (χ2v) is 6.73. The van der Waals surface area contributed by atoms with Gasteiger partial charge in [-0.15, -0.1) is 0 Å². The fraction of sp³-hybridized carbons (Fsp3) is 0.429. The Morgan fingerprint density at radius 3 is 2.68 bits per heavy atom. The number of hydrogen-bond donors (Lipinski definition) is 1. The van der Waals surface area contributed by atoms with Crippen molar-refractivity contribution in [3.05, 3.63) is 38.8 Å². The van der Waals surface area contributed by atoms with Gasteiger partial charge in [-0.3, -0.25) is 0 Å². The van der Waals surface area contributed by atoms with Crippen molar-refractivity contribution in [1.29, 1.82) is 0 Å². The van der Waals surface area contributed by atoms with Gasteiger partial charge < -0.3 is 10.1 Å². The second kappa shape index (κ2) is 7.53. The summed E-state index contributed by atoms with van der Waals surface area (Å²) in [4.78, 5) is 0. The van der Waals surface area contributed by atoms with E-state index in [-0.39, 0.29) is 12.1 Å². The molecule has 5 heteroatoms. The molecular weight excluding hydrogens is 349 g/mol. The SMILES string of the molecule is CC(C)(C)NCc1cccc(Br)c1OCC(Cl)=CCl. The zero-order valence-electron chi connectivity index (χ0n) is 11.3. The highest BCUT2D eigenvalue weighted by Gasteiger charge is 2.13. The fourth-order valence-corrected chi connectivity index (χ4v) is 2.03. The van der Waals surface area contributed by atoms with Gasteiger partial charge in [0.15, 0.2) is 0 Å². The molecule has 106 valence electrons. The van der Waals surface area contributed by atoms with E-state index in [1.54, 1.807) is 0 Å². The highest BCUT2D eigenvalue weighted by molar-refractivity contribution is 9.10. The highest BCUT2D eigenvalue weighted by atomic mass is 79.9. The first kappa shape index (κ1) is 16.8. The summed E-state index contributed by atoms with van der Waals surface area (Å²) in [5, 5.41) is 3.90. The van der Waals surface area contributed by atoms with Gasteiger partial charge in [-0.25, -0.2) is 0 Å². The molecule has 1 aromatic carbocycles. The van der Waals surface area contributed by atoms with E-state index in [4.69, 9.17) is 27.9 Å². The Morgan fingerprint density at radius 1 is 1.42 bits per heavy atom. The van der Waals surface area contributed by atoms with Crippen LogP contribution in [0.15, 0.2) is 33.2 Å². The van der Waals surface area contributed by atoms with E-state index in [1.807, 2.05) is 18.2 Å². The Balaban J connectivity index is 2.83. The van der Waals surface area contributed by atoms with Gasteiger partial charge in [0.2, 0.25) is 0 Å². The lowest BCUT2D eigenvalue weighted by Gasteiger charge is -2.22. The molecule has 1 N–H and O–H groups in total. The molecule has 0 amide bonds. The predicted octanol–water partition coefficient (Wildman–Crippen LogP) is 5.04. The molecule has 0 atom stereocenters. The minimum atomic E-state index is 0.0489. The summed E-state index contributed by atoms with van der Waals surface area (Å²) in [5.41, 5.74) is 2.43. The third-order valence-corrected chi connectivity index (χ3v) is 3.55. The van der Waals surface area contributed by atoms with Gasteiger partial charge in [0.05, 0.1) is 9.51 Å². The molecule has 0 aliphatic carbocycles. The molecule has 0 saturated carbocycles. The van der Waals surface area contributed by atoms with Gasteiger partial charge in [0, 0.05) is 23.2 Å². The van der Waals surface area contributed by atoms with Crippen LogP contribution in [-0.2, 0) is 6.54 Å². The first-order valence-corrected chi connectivity index (χ1v) is 7.54. The Morgan fingerprint density at radius 2 is 2.11 bits per heavy atom. The van der Waals surface area contributed by atoms with Crippen molar-refractivity contribution < 1.29 is 4.74 Å². The van der Waals surface area contributed by atoms with Gasteiger partial charge in [-0.2, -0.15) is 0 Å². The molecule has 0 saturated heterocycles. The van der Waals surface area contributed by atoms with E-state index in [9.17, 15) is 0 Å². The number of halogens is 3. The summed E-state index contributed by atoms with van der Waals surface area (Å²) >= 11 is 14.9. The Hall–Kier alpha value is -0.220. The van der Waals surface area contributed by atoms with Crippen molar-refractivity contribution >= 4 is 39.1 Å². The molecule has 0 aliphatic rings. The summed E-state index contributed by atoms with van der Waals surface area (Å²) in [6.07, 6.45) is 0. The maximum atomic E-state index is 5.84. The van der Waals surface area contributed by atoms with Crippen molar-refractivity contribution in [3.63, 3.8) is 0 Å². The standard InChI is InChI=1S/C14H18BrCl2NO/c1-14(2,3)18-8-10-5-4-6-12(15)13(10)19-9-11(17)7-16/h4-7,18H,8-9H2,1-3H3. The summed E-state index contributed by atoms with van der Waals surface area (Å²) in [5.74, 6) is 0.788. The zero-order chi connectivity index (χ0) is 14.5. The van der Waals surface area contributed by atoms with Crippen LogP contribution in [0.3, 0.4) is 0 Å². The van der Waals surface area contributed by atoms with Crippen molar-refractivity contribution in [2.45, 2.75) is 32.9 Å². The quantitative estimate of drug-likeness (QED) is 0.788. The van der Waals surface area contributed by atoms with E-state index in [1.165, 1.54) is 5.54 Å². The molecule has 2 nitrogen and oxygen atoms in total. The molecule has 0 bridgehead atoms. The molecule has 19 heavy (non-hydrogen) atoms. The predicted molar refractivity (Wildman–Crippen MR) is 86.0 cm³/mol. The number of ether oxygens (including phenoxy) is 1. The third kappa shape index (κ3) is 6.17. The van der Waals surface area contributed by atoms with Crippen LogP contribution in [0.25, 0.3) is 0 Å². The van der Waals surface area contributed by atoms with E-state index in [2.05, 4.69) is 42.0 Å². The molecule has 0 aliphatic heterocycles. The molecule has 0 unspecified atom stereocenters. The molecule has 0 fully saturated rings. The van der Waals surface area contributed by atoms with E-state index < -0.39 is 0 Å². The second-order valence-electron chi connectivity index (χ2n) is 5.18. The van der Waals surface area contributed by atoms with Crippen molar-refractivity contribution in [2.24, 2.45) is 0 Å². The van der Waals surface area contributed by atoms with Crippen LogP contribution in [-0.4, -0.2) is 12.1 Å². The molecule has 0 spiro atoms. The van der Waals surface area contributed by atoms with Crippen LogP contribution >= 0.6 is 39.1 Å². The maximum absolute atomic E-state index is 5.84. The molecule has 0 heterocycles. The number of benzene rings is 1. The maximum Gasteiger partial charge on any atom is 0.138 e. The first-order valence-electron chi connectivity index (χ1n) is 5.93.